The Balaban J connectivity index is 1.39. The lowest BCUT2D eigenvalue weighted by Gasteiger charge is -2.11. The van der Waals surface area contributed by atoms with Gasteiger partial charge in [-0.15, -0.1) is 0 Å². The van der Waals surface area contributed by atoms with E-state index in [0.29, 0.717) is 16.9 Å². The van der Waals surface area contributed by atoms with Crippen molar-refractivity contribution in [2.75, 3.05) is 10.6 Å². The van der Waals surface area contributed by atoms with Gasteiger partial charge in [-0.2, -0.15) is 0 Å². The van der Waals surface area contributed by atoms with Crippen LogP contribution in [0.1, 0.15) is 32.0 Å². The summed E-state index contributed by atoms with van der Waals surface area (Å²) in [6, 6.07) is 20.4. The fourth-order valence-corrected chi connectivity index (χ4v) is 3.92. The van der Waals surface area contributed by atoms with E-state index in [-0.39, 0.29) is 17.6 Å². The van der Waals surface area contributed by atoms with E-state index in [2.05, 4.69) is 16.7 Å². The summed E-state index contributed by atoms with van der Waals surface area (Å²) in [4.78, 5) is 25.1. The Labute approximate surface area is 167 Å². The minimum Gasteiger partial charge on any atom is -0.459 e. The molecule has 1 aliphatic carbocycles. The fraction of sp³-hybridized carbons (Fsp3) is 0.0833. The molecule has 0 atom stereocenters. The van der Waals surface area contributed by atoms with Gasteiger partial charge >= 0.3 is 0 Å². The number of furan rings is 1. The quantitative estimate of drug-likeness (QED) is 0.520. The first-order chi connectivity index (χ1) is 14.2. The van der Waals surface area contributed by atoms with Gasteiger partial charge in [0.05, 0.1) is 6.26 Å². The molecular formula is C24H18N2O3. The first-order valence-corrected chi connectivity index (χ1v) is 9.49. The summed E-state index contributed by atoms with van der Waals surface area (Å²) in [5.41, 5.74) is 4.43. The fourth-order valence-electron chi connectivity index (χ4n) is 3.92. The van der Waals surface area contributed by atoms with Crippen LogP contribution in [0.5, 0.6) is 0 Å². The Kier molecular flexibility index (Phi) is 4.13. The Hall–Kier alpha value is -3.86. The number of carbonyl (C=O) groups excluding carboxylic acids is 2. The van der Waals surface area contributed by atoms with Gasteiger partial charge in [0.15, 0.2) is 5.76 Å². The van der Waals surface area contributed by atoms with E-state index < -0.39 is 0 Å². The number of anilines is 2. The standard InChI is InChI=1S/C24H18N2O3/c27-23(20-12-11-16-10-9-15-4-1-7-19(20)22(15)16)25-17-5-2-6-18(14-17)26-24(28)21-8-3-13-29-21/h1-8,11-14H,9-10H2,(H,25,27)(H,26,28). The van der Waals surface area contributed by atoms with Gasteiger partial charge < -0.3 is 15.1 Å². The lowest BCUT2D eigenvalue weighted by molar-refractivity contribution is 0.0995. The smallest absolute Gasteiger partial charge is 0.291 e. The molecule has 1 aromatic heterocycles. The van der Waals surface area contributed by atoms with Crippen LogP contribution in [0.3, 0.4) is 0 Å². The highest BCUT2D eigenvalue weighted by molar-refractivity contribution is 6.14. The molecule has 142 valence electrons. The van der Waals surface area contributed by atoms with E-state index in [9.17, 15) is 9.59 Å². The highest BCUT2D eigenvalue weighted by Gasteiger charge is 2.19. The van der Waals surface area contributed by atoms with Crippen LogP contribution >= 0.6 is 0 Å². The minimum atomic E-state index is -0.342. The van der Waals surface area contributed by atoms with Crippen LogP contribution < -0.4 is 10.6 Å². The van der Waals surface area contributed by atoms with E-state index in [4.69, 9.17) is 4.42 Å². The van der Waals surface area contributed by atoms with Gasteiger partial charge in [-0.05, 0) is 71.1 Å². The largest absolute Gasteiger partial charge is 0.459 e. The first kappa shape index (κ1) is 17.3. The first-order valence-electron chi connectivity index (χ1n) is 9.49. The molecule has 1 aliphatic rings. The average Bonchev–Trinajstić information content (AvgIpc) is 3.40. The maximum Gasteiger partial charge on any atom is 0.291 e. The van der Waals surface area contributed by atoms with Crippen molar-refractivity contribution in [1.82, 2.24) is 0 Å². The molecule has 0 fully saturated rings. The van der Waals surface area contributed by atoms with E-state index in [1.807, 2.05) is 24.3 Å². The molecular weight excluding hydrogens is 364 g/mol. The van der Waals surface area contributed by atoms with Gasteiger partial charge in [-0.3, -0.25) is 9.59 Å². The molecule has 3 aromatic carbocycles. The van der Waals surface area contributed by atoms with Crippen molar-refractivity contribution in [2.45, 2.75) is 12.8 Å². The summed E-state index contributed by atoms with van der Waals surface area (Å²) in [6.07, 6.45) is 3.49. The highest BCUT2D eigenvalue weighted by Crippen LogP contribution is 2.33. The Morgan fingerprint density at radius 3 is 2.24 bits per heavy atom. The summed E-state index contributed by atoms with van der Waals surface area (Å²) in [6.45, 7) is 0. The molecule has 2 N–H and O–H groups in total. The molecule has 0 bridgehead atoms. The van der Waals surface area contributed by atoms with Crippen molar-refractivity contribution in [1.29, 1.82) is 0 Å². The number of hydrogen-bond donors (Lipinski definition) is 2. The maximum atomic E-state index is 13.0. The molecule has 5 rings (SSSR count). The molecule has 1 heterocycles. The SMILES string of the molecule is O=C(Nc1cccc(NC(=O)c2ccc3c4c(cccc24)CC3)c1)c1ccco1. The molecule has 0 aliphatic heterocycles. The second-order valence-corrected chi connectivity index (χ2v) is 7.08. The van der Waals surface area contributed by atoms with Crippen molar-refractivity contribution in [3.05, 3.63) is 95.4 Å². The van der Waals surface area contributed by atoms with Crippen molar-refractivity contribution < 1.29 is 14.0 Å². The number of hydrogen-bond acceptors (Lipinski definition) is 3. The highest BCUT2D eigenvalue weighted by atomic mass is 16.3. The van der Waals surface area contributed by atoms with Crippen molar-refractivity contribution >= 4 is 34.0 Å². The van der Waals surface area contributed by atoms with Crippen LogP contribution in [0.15, 0.2) is 77.4 Å². The van der Waals surface area contributed by atoms with Gasteiger partial charge in [0.2, 0.25) is 0 Å². The van der Waals surface area contributed by atoms with Gasteiger partial charge in [0, 0.05) is 16.9 Å². The molecule has 5 nitrogen and oxygen atoms in total. The normalized spacial score (nSPS) is 12.1. The number of amides is 2. The zero-order chi connectivity index (χ0) is 19.8. The van der Waals surface area contributed by atoms with Crippen LogP contribution in [0.4, 0.5) is 11.4 Å². The predicted octanol–water partition coefficient (Wildman–Crippen LogP) is 5.04. The number of nitrogens with one attached hydrogen (secondary N) is 2. The summed E-state index contributed by atoms with van der Waals surface area (Å²) in [7, 11) is 0. The number of rotatable bonds is 4. The Bertz CT molecular complexity index is 1230. The third-order valence-corrected chi connectivity index (χ3v) is 5.24. The molecule has 0 unspecified atom stereocenters. The second-order valence-electron chi connectivity index (χ2n) is 7.08. The summed E-state index contributed by atoms with van der Waals surface area (Å²) >= 11 is 0. The Morgan fingerprint density at radius 2 is 1.48 bits per heavy atom. The summed E-state index contributed by atoms with van der Waals surface area (Å²) in [5.74, 6) is -0.284. The molecule has 0 saturated heterocycles. The van der Waals surface area contributed by atoms with Crippen LogP contribution in [0.2, 0.25) is 0 Å². The van der Waals surface area contributed by atoms with Crippen LogP contribution in [0, 0.1) is 0 Å². The lowest BCUT2D eigenvalue weighted by atomic mass is 9.99. The Morgan fingerprint density at radius 1 is 0.759 bits per heavy atom. The molecule has 0 saturated carbocycles. The van der Waals surface area contributed by atoms with Gasteiger partial charge in [-0.1, -0.05) is 30.3 Å². The third kappa shape index (κ3) is 3.17. The van der Waals surface area contributed by atoms with Crippen LogP contribution in [-0.4, -0.2) is 11.8 Å². The molecule has 0 radical (unpaired) electrons. The van der Waals surface area contributed by atoms with Gasteiger partial charge in [-0.25, -0.2) is 0 Å². The molecule has 5 heteroatoms. The van der Waals surface area contributed by atoms with Crippen molar-refractivity contribution in [3.8, 4) is 0 Å². The second kappa shape index (κ2) is 6.95. The molecule has 2 amide bonds. The monoisotopic (exact) mass is 382 g/mol. The topological polar surface area (TPSA) is 71.3 Å². The zero-order valence-corrected chi connectivity index (χ0v) is 15.6. The van der Waals surface area contributed by atoms with Gasteiger partial charge in [0.1, 0.15) is 0 Å². The van der Waals surface area contributed by atoms with Crippen LogP contribution in [0.25, 0.3) is 10.8 Å². The lowest BCUT2D eigenvalue weighted by Crippen LogP contribution is -2.14. The van der Waals surface area contributed by atoms with Gasteiger partial charge in [0.25, 0.3) is 11.8 Å². The number of carbonyl (C=O) groups is 2. The summed E-state index contributed by atoms with van der Waals surface area (Å²) < 4.78 is 5.10. The number of benzene rings is 3. The predicted molar refractivity (Wildman–Crippen MR) is 112 cm³/mol. The van der Waals surface area contributed by atoms with Crippen LogP contribution in [-0.2, 0) is 12.8 Å². The third-order valence-electron chi connectivity index (χ3n) is 5.24. The van der Waals surface area contributed by atoms with E-state index in [1.54, 1.807) is 36.4 Å². The van der Waals surface area contributed by atoms with E-state index in [0.717, 1.165) is 18.2 Å². The van der Waals surface area contributed by atoms with E-state index in [1.165, 1.54) is 22.8 Å². The zero-order valence-electron chi connectivity index (χ0n) is 15.6. The summed E-state index contributed by atoms with van der Waals surface area (Å²) in [5, 5.41) is 7.90. The molecule has 4 aromatic rings. The van der Waals surface area contributed by atoms with E-state index >= 15 is 0 Å². The molecule has 0 spiro atoms. The molecule has 29 heavy (non-hydrogen) atoms. The maximum absolute atomic E-state index is 13.0. The van der Waals surface area contributed by atoms with Crippen molar-refractivity contribution in [3.63, 3.8) is 0 Å². The minimum absolute atomic E-state index is 0.171. The average molecular weight is 382 g/mol. The number of aryl methyl sites for hydroxylation is 2. The van der Waals surface area contributed by atoms with Crippen molar-refractivity contribution in [2.24, 2.45) is 0 Å².